The van der Waals surface area contributed by atoms with Gasteiger partial charge in [0.2, 0.25) is 11.0 Å². The fourth-order valence-electron chi connectivity index (χ4n) is 4.05. The van der Waals surface area contributed by atoms with E-state index in [4.69, 9.17) is 0 Å². The standard InChI is InChI=1S/C27H21N5O2/c1-31-16-6-8-18-20(10-4-14-24(18)31)29-26(33)22-12-3-13-23(28-22)27(34)30-21-11-5-15-25-19(21)9-7-17-32(25)2/h3-17H,1-2H3/p+2. The molecule has 2 N–H and O–H groups in total. The largest absolute Gasteiger partial charge is 0.320 e. The lowest BCUT2D eigenvalue weighted by atomic mass is 10.1. The van der Waals surface area contributed by atoms with Gasteiger partial charge in [-0.1, -0.05) is 18.2 Å². The van der Waals surface area contributed by atoms with Gasteiger partial charge in [-0.25, -0.2) is 14.1 Å². The minimum absolute atomic E-state index is 0.161. The number of nitrogens with zero attached hydrogens (tertiary/aromatic N) is 3. The van der Waals surface area contributed by atoms with Crippen LogP contribution in [0.5, 0.6) is 0 Å². The Labute approximate surface area is 196 Å². The van der Waals surface area contributed by atoms with Crippen molar-refractivity contribution in [3.63, 3.8) is 0 Å². The molecule has 0 aliphatic heterocycles. The summed E-state index contributed by atoms with van der Waals surface area (Å²) in [4.78, 5) is 30.3. The normalized spacial score (nSPS) is 10.9. The number of hydrogen-bond acceptors (Lipinski definition) is 3. The molecule has 0 saturated carbocycles. The maximum Gasteiger partial charge on any atom is 0.274 e. The molecule has 3 heterocycles. The van der Waals surface area contributed by atoms with Crippen LogP contribution in [0, 0.1) is 0 Å². The Morgan fingerprint density at radius 1 is 0.618 bits per heavy atom. The molecular weight excluding hydrogens is 426 g/mol. The van der Waals surface area contributed by atoms with Gasteiger partial charge in [-0.05, 0) is 36.4 Å². The van der Waals surface area contributed by atoms with Crippen molar-refractivity contribution in [2.75, 3.05) is 10.6 Å². The van der Waals surface area contributed by atoms with Crippen LogP contribution in [0.4, 0.5) is 11.4 Å². The average Bonchev–Trinajstić information content (AvgIpc) is 2.85. The van der Waals surface area contributed by atoms with E-state index in [9.17, 15) is 9.59 Å². The Morgan fingerprint density at radius 3 is 1.53 bits per heavy atom. The number of anilines is 2. The van der Waals surface area contributed by atoms with Crippen molar-refractivity contribution in [1.82, 2.24) is 4.98 Å². The number of nitrogens with one attached hydrogen (secondary N) is 2. The molecule has 0 aliphatic carbocycles. The third-order valence-corrected chi connectivity index (χ3v) is 5.78. The van der Waals surface area contributed by atoms with Crippen LogP contribution in [-0.4, -0.2) is 16.8 Å². The highest BCUT2D eigenvalue weighted by molar-refractivity contribution is 6.10. The molecule has 7 heteroatoms. The zero-order valence-electron chi connectivity index (χ0n) is 18.8. The first kappa shape index (κ1) is 21.2. The van der Waals surface area contributed by atoms with Crippen molar-refractivity contribution in [1.29, 1.82) is 0 Å². The number of pyridine rings is 3. The van der Waals surface area contributed by atoms with Crippen LogP contribution in [0.15, 0.2) is 91.3 Å². The van der Waals surface area contributed by atoms with E-state index in [0.717, 1.165) is 21.8 Å². The molecule has 2 aromatic carbocycles. The summed E-state index contributed by atoms with van der Waals surface area (Å²) >= 11 is 0. The van der Waals surface area contributed by atoms with Crippen LogP contribution < -0.4 is 19.8 Å². The molecule has 0 spiro atoms. The van der Waals surface area contributed by atoms with Crippen LogP contribution in [0.2, 0.25) is 0 Å². The molecule has 5 aromatic rings. The molecule has 0 radical (unpaired) electrons. The summed E-state index contributed by atoms with van der Waals surface area (Å²) in [5, 5.41) is 7.68. The Kier molecular flexibility index (Phi) is 5.43. The highest BCUT2D eigenvalue weighted by Crippen LogP contribution is 2.22. The lowest BCUT2D eigenvalue weighted by Gasteiger charge is -2.09. The summed E-state index contributed by atoms with van der Waals surface area (Å²) < 4.78 is 3.98. The van der Waals surface area contributed by atoms with E-state index in [2.05, 4.69) is 15.6 Å². The molecule has 3 aromatic heterocycles. The number of amides is 2. The molecule has 34 heavy (non-hydrogen) atoms. The Morgan fingerprint density at radius 2 is 1.06 bits per heavy atom. The van der Waals surface area contributed by atoms with Gasteiger partial charge in [0.1, 0.15) is 25.5 Å². The van der Waals surface area contributed by atoms with Crippen molar-refractivity contribution in [3.8, 4) is 0 Å². The van der Waals surface area contributed by atoms with E-state index in [1.54, 1.807) is 18.2 Å². The fourth-order valence-corrected chi connectivity index (χ4v) is 4.05. The number of hydrogen-bond donors (Lipinski definition) is 2. The Bertz CT molecular complexity index is 1460. The highest BCUT2D eigenvalue weighted by atomic mass is 16.2. The van der Waals surface area contributed by atoms with Crippen molar-refractivity contribution >= 4 is 45.0 Å². The number of aromatic nitrogens is 3. The molecule has 0 fully saturated rings. The molecule has 5 rings (SSSR count). The van der Waals surface area contributed by atoms with Gasteiger partial charge in [-0.2, -0.15) is 0 Å². The monoisotopic (exact) mass is 449 g/mol. The smallest absolute Gasteiger partial charge is 0.274 e. The van der Waals surface area contributed by atoms with Gasteiger partial charge >= 0.3 is 0 Å². The van der Waals surface area contributed by atoms with Crippen LogP contribution in [-0.2, 0) is 14.1 Å². The highest BCUT2D eigenvalue weighted by Gasteiger charge is 2.17. The number of aryl methyl sites for hydroxylation is 2. The third kappa shape index (κ3) is 3.95. The zero-order valence-corrected chi connectivity index (χ0v) is 18.8. The molecule has 0 aliphatic rings. The van der Waals surface area contributed by atoms with Gasteiger partial charge in [0.25, 0.3) is 11.8 Å². The summed E-state index contributed by atoms with van der Waals surface area (Å²) in [5.74, 6) is -0.767. The van der Waals surface area contributed by atoms with E-state index < -0.39 is 0 Å². The maximum atomic E-state index is 13.0. The molecule has 166 valence electrons. The van der Waals surface area contributed by atoms with E-state index >= 15 is 0 Å². The first-order valence-electron chi connectivity index (χ1n) is 10.9. The zero-order chi connectivity index (χ0) is 23.7. The van der Waals surface area contributed by atoms with Gasteiger partial charge in [-0.3, -0.25) is 9.59 Å². The van der Waals surface area contributed by atoms with E-state index in [1.807, 2.05) is 96.3 Å². The van der Waals surface area contributed by atoms with Crippen LogP contribution >= 0.6 is 0 Å². The number of carbonyl (C=O) groups excluding carboxylic acids is 2. The predicted octanol–water partition coefficient (Wildman–Crippen LogP) is 3.54. The predicted molar refractivity (Wildman–Crippen MR) is 130 cm³/mol. The number of carbonyl (C=O) groups is 2. The second-order valence-corrected chi connectivity index (χ2v) is 8.03. The lowest BCUT2D eigenvalue weighted by molar-refractivity contribution is -0.645. The minimum atomic E-state index is -0.383. The molecular formula is C27H23N5O2+2. The van der Waals surface area contributed by atoms with Gasteiger partial charge in [0, 0.05) is 24.3 Å². The van der Waals surface area contributed by atoms with Crippen molar-refractivity contribution < 1.29 is 18.7 Å². The first-order valence-corrected chi connectivity index (χ1v) is 10.9. The van der Waals surface area contributed by atoms with Crippen LogP contribution in [0.25, 0.3) is 21.8 Å². The summed E-state index contributed by atoms with van der Waals surface area (Å²) in [6, 6.07) is 24.0. The summed E-state index contributed by atoms with van der Waals surface area (Å²) in [6.07, 6.45) is 3.90. The third-order valence-electron chi connectivity index (χ3n) is 5.78. The van der Waals surface area contributed by atoms with Crippen LogP contribution in [0.1, 0.15) is 21.0 Å². The first-order chi connectivity index (χ1) is 16.5. The van der Waals surface area contributed by atoms with Gasteiger partial charge < -0.3 is 10.6 Å². The summed E-state index contributed by atoms with van der Waals surface area (Å²) in [7, 11) is 3.90. The Balaban J connectivity index is 1.40. The average molecular weight is 450 g/mol. The second-order valence-electron chi connectivity index (χ2n) is 8.03. The van der Waals surface area contributed by atoms with E-state index in [0.29, 0.717) is 11.4 Å². The maximum absolute atomic E-state index is 13.0. The quantitative estimate of drug-likeness (QED) is 0.412. The van der Waals surface area contributed by atoms with Crippen molar-refractivity contribution in [2.45, 2.75) is 0 Å². The van der Waals surface area contributed by atoms with Crippen LogP contribution in [0.3, 0.4) is 0 Å². The minimum Gasteiger partial charge on any atom is -0.320 e. The van der Waals surface area contributed by atoms with Crippen molar-refractivity contribution in [2.24, 2.45) is 14.1 Å². The van der Waals surface area contributed by atoms with Gasteiger partial charge in [-0.15, -0.1) is 0 Å². The number of fused-ring (bicyclic) bond motifs is 2. The molecule has 0 bridgehead atoms. The lowest BCUT2D eigenvalue weighted by Crippen LogP contribution is -2.28. The fraction of sp³-hybridized carbons (Fsp3) is 0.0741. The Hall–Kier alpha value is -4.65. The molecule has 0 unspecified atom stereocenters. The summed E-state index contributed by atoms with van der Waals surface area (Å²) in [5.41, 5.74) is 3.66. The van der Waals surface area contributed by atoms with E-state index in [1.165, 1.54) is 0 Å². The molecule has 0 atom stereocenters. The number of benzene rings is 2. The topological polar surface area (TPSA) is 78.9 Å². The van der Waals surface area contributed by atoms with Crippen molar-refractivity contribution in [3.05, 3.63) is 103 Å². The SMILES string of the molecule is C[n+]1cccc2c(NC(=O)c3cccc(C(=O)Nc4cccc5c4ccc[n+]5C)n3)cccc21. The molecule has 0 saturated heterocycles. The number of rotatable bonds is 4. The molecule has 2 amide bonds. The van der Waals surface area contributed by atoms with E-state index in [-0.39, 0.29) is 23.2 Å². The molecule has 7 nitrogen and oxygen atoms in total. The van der Waals surface area contributed by atoms with Gasteiger partial charge in [0.15, 0.2) is 12.4 Å². The second kappa shape index (κ2) is 8.71. The summed E-state index contributed by atoms with van der Waals surface area (Å²) in [6.45, 7) is 0. The van der Waals surface area contributed by atoms with Gasteiger partial charge in [0.05, 0.1) is 22.1 Å².